The van der Waals surface area contributed by atoms with Crippen LogP contribution in [-0.4, -0.2) is 49.3 Å². The normalized spacial score (nSPS) is 25.0. The number of likely N-dealkylation sites (N-methyl/N-ethyl adjacent to an activating group) is 1. The Labute approximate surface area is 215 Å². The van der Waals surface area contributed by atoms with Gasteiger partial charge in [-0.25, -0.2) is 4.79 Å². The number of ketones is 1. The van der Waals surface area contributed by atoms with Crippen LogP contribution in [0, 0.1) is 5.92 Å². The van der Waals surface area contributed by atoms with Crippen LogP contribution in [0.25, 0.3) is 0 Å². The number of carbonyl (C=O) groups is 3. The van der Waals surface area contributed by atoms with E-state index in [9.17, 15) is 14.4 Å². The minimum absolute atomic E-state index is 0.101. The molecule has 8 nitrogen and oxygen atoms in total. The zero-order valence-electron chi connectivity index (χ0n) is 20.4. The summed E-state index contributed by atoms with van der Waals surface area (Å²) < 4.78 is 22.1. The first-order valence-electron chi connectivity index (χ1n) is 12.0. The van der Waals surface area contributed by atoms with Crippen LogP contribution < -0.4 is 0 Å². The Morgan fingerprint density at radius 1 is 1.03 bits per heavy atom. The number of halogens is 1. The largest absolute Gasteiger partial charge is 0.425 e. The minimum atomic E-state index is -1.24. The molecule has 1 heterocycles. The van der Waals surface area contributed by atoms with Crippen LogP contribution >= 0.6 is 11.6 Å². The number of hydrogen-bond donors (Lipinski definition) is 0. The molecule has 1 aliphatic heterocycles. The Hall–Kier alpha value is -2.94. The molecule has 0 N–H and O–H groups in total. The average Bonchev–Trinajstić information content (AvgIpc) is 2.89. The molecule has 0 radical (unpaired) electrons. The zero-order chi connectivity index (χ0) is 25.7. The first kappa shape index (κ1) is 26.1. The molecule has 2 atom stereocenters. The molecule has 9 heteroatoms. The van der Waals surface area contributed by atoms with E-state index in [1.54, 1.807) is 24.3 Å². The number of nitrogens with zero attached hydrogens (tertiary/aromatic N) is 1. The van der Waals surface area contributed by atoms with Gasteiger partial charge in [0.05, 0.1) is 13.2 Å². The second-order valence-corrected chi connectivity index (χ2v) is 9.43. The van der Waals surface area contributed by atoms with Gasteiger partial charge < -0.3 is 18.9 Å². The maximum Gasteiger partial charge on any atom is 0.413 e. The lowest BCUT2D eigenvalue weighted by Gasteiger charge is -2.43. The van der Waals surface area contributed by atoms with Crippen LogP contribution in [0.4, 0.5) is 4.79 Å². The van der Waals surface area contributed by atoms with E-state index >= 15 is 0 Å². The Kier molecular flexibility index (Phi) is 8.28. The summed E-state index contributed by atoms with van der Waals surface area (Å²) >= 11 is 6.45. The Morgan fingerprint density at radius 2 is 1.69 bits per heavy atom. The van der Waals surface area contributed by atoms with Crippen molar-refractivity contribution in [2.24, 2.45) is 5.92 Å². The second-order valence-electron chi connectivity index (χ2n) is 9.02. The summed E-state index contributed by atoms with van der Waals surface area (Å²) in [5.41, 5.74) is 0.179. The summed E-state index contributed by atoms with van der Waals surface area (Å²) in [7, 11) is 1.51. The van der Waals surface area contributed by atoms with Crippen LogP contribution in [0.3, 0.4) is 0 Å². The van der Waals surface area contributed by atoms with E-state index in [0.29, 0.717) is 23.4 Å². The van der Waals surface area contributed by atoms with Crippen molar-refractivity contribution < 1.29 is 33.3 Å². The molecule has 2 aliphatic rings. The van der Waals surface area contributed by atoms with Crippen molar-refractivity contribution in [3.63, 3.8) is 0 Å². The van der Waals surface area contributed by atoms with Crippen molar-refractivity contribution in [2.45, 2.75) is 50.7 Å². The molecule has 4 rings (SSSR count). The predicted molar refractivity (Wildman–Crippen MR) is 131 cm³/mol. The van der Waals surface area contributed by atoms with Crippen molar-refractivity contribution in [1.82, 2.24) is 4.90 Å². The molecule has 2 fully saturated rings. The van der Waals surface area contributed by atoms with Gasteiger partial charge in [0.15, 0.2) is 12.1 Å². The van der Waals surface area contributed by atoms with E-state index in [0.717, 1.165) is 18.4 Å². The molecule has 1 saturated heterocycles. The first-order valence-corrected chi connectivity index (χ1v) is 12.4. The fourth-order valence-corrected chi connectivity index (χ4v) is 5.02. The summed E-state index contributed by atoms with van der Waals surface area (Å²) in [4.78, 5) is 40.2. The summed E-state index contributed by atoms with van der Waals surface area (Å²) in [5.74, 6) is -1.35. The topological polar surface area (TPSA) is 91.4 Å². The molecule has 0 aromatic heterocycles. The highest BCUT2D eigenvalue weighted by molar-refractivity contribution is 6.31. The zero-order valence-corrected chi connectivity index (χ0v) is 21.1. The Balaban J connectivity index is 1.37. The maximum atomic E-state index is 13.2. The smallest absolute Gasteiger partial charge is 0.413 e. The van der Waals surface area contributed by atoms with Gasteiger partial charge in [-0.05, 0) is 25.3 Å². The third-order valence-electron chi connectivity index (χ3n) is 6.67. The Bertz CT molecular complexity index is 1090. The molecule has 1 aliphatic carbocycles. The van der Waals surface area contributed by atoms with Crippen LogP contribution in [0.5, 0.6) is 0 Å². The summed E-state index contributed by atoms with van der Waals surface area (Å²) in [6.45, 7) is 1.68. The van der Waals surface area contributed by atoms with Crippen molar-refractivity contribution in [3.8, 4) is 0 Å². The standard InChI is InChI=1S/C27H30ClNO7/c1-18(35-24(31)20-16-33-25(34-17-20)19-10-4-3-5-11-19)36-26(32)29(2)27(15-9-8-14-23(27)30)21-12-6-7-13-22(21)28/h3-7,10-13,18,20,25H,8-9,14-17H2,1-2H3/t18?,20?,25?,27-/m0/s1. The van der Waals surface area contributed by atoms with Crippen molar-refractivity contribution in [1.29, 1.82) is 0 Å². The third kappa shape index (κ3) is 5.40. The van der Waals surface area contributed by atoms with Crippen molar-refractivity contribution in [3.05, 3.63) is 70.7 Å². The van der Waals surface area contributed by atoms with Gasteiger partial charge in [0.25, 0.3) is 0 Å². The molecular weight excluding hydrogens is 486 g/mol. The quantitative estimate of drug-likeness (QED) is 0.395. The van der Waals surface area contributed by atoms with Gasteiger partial charge in [0.1, 0.15) is 11.5 Å². The molecule has 0 bridgehead atoms. The maximum absolute atomic E-state index is 13.2. The van der Waals surface area contributed by atoms with Crippen LogP contribution in [-0.2, 0) is 34.1 Å². The summed E-state index contributed by atoms with van der Waals surface area (Å²) in [6.07, 6.45) is -0.253. The van der Waals surface area contributed by atoms with Gasteiger partial charge in [0.2, 0.25) is 6.29 Å². The van der Waals surface area contributed by atoms with E-state index in [1.807, 2.05) is 30.3 Å². The van der Waals surface area contributed by atoms with Crippen molar-refractivity contribution in [2.75, 3.05) is 20.3 Å². The van der Waals surface area contributed by atoms with Gasteiger partial charge in [-0.3, -0.25) is 14.5 Å². The molecule has 1 amide bonds. The first-order chi connectivity index (χ1) is 17.3. The lowest BCUT2D eigenvalue weighted by molar-refractivity contribution is -0.220. The van der Waals surface area contributed by atoms with Gasteiger partial charge >= 0.3 is 12.1 Å². The number of hydrogen-bond acceptors (Lipinski definition) is 7. The number of rotatable bonds is 6. The number of ether oxygens (including phenoxy) is 4. The Morgan fingerprint density at radius 3 is 2.36 bits per heavy atom. The molecule has 2 aromatic rings. The van der Waals surface area contributed by atoms with E-state index < -0.39 is 36.1 Å². The molecule has 36 heavy (non-hydrogen) atoms. The summed E-state index contributed by atoms with van der Waals surface area (Å²) in [5, 5.41) is 0.401. The number of Topliss-reactive ketones (excluding diaryl/α,β-unsaturated/α-hetero) is 1. The predicted octanol–water partition coefficient (Wildman–Crippen LogP) is 5.00. The number of benzene rings is 2. The molecule has 1 unspecified atom stereocenters. The summed E-state index contributed by atoms with van der Waals surface area (Å²) in [6, 6.07) is 16.4. The van der Waals surface area contributed by atoms with Gasteiger partial charge in [0, 0.05) is 36.5 Å². The lowest BCUT2D eigenvalue weighted by atomic mass is 9.74. The van der Waals surface area contributed by atoms with Gasteiger partial charge in [-0.2, -0.15) is 0 Å². The monoisotopic (exact) mass is 515 g/mol. The van der Waals surface area contributed by atoms with Gasteiger partial charge in [-0.15, -0.1) is 0 Å². The van der Waals surface area contributed by atoms with Crippen LogP contribution in [0.15, 0.2) is 54.6 Å². The minimum Gasteiger partial charge on any atom is -0.425 e. The highest BCUT2D eigenvalue weighted by atomic mass is 35.5. The fourth-order valence-electron chi connectivity index (χ4n) is 4.73. The average molecular weight is 516 g/mol. The lowest BCUT2D eigenvalue weighted by Crippen LogP contribution is -2.55. The van der Waals surface area contributed by atoms with Crippen molar-refractivity contribution >= 4 is 29.4 Å². The molecule has 2 aromatic carbocycles. The highest BCUT2D eigenvalue weighted by Gasteiger charge is 2.49. The van der Waals surface area contributed by atoms with Crippen LogP contribution in [0.2, 0.25) is 5.02 Å². The van der Waals surface area contributed by atoms with E-state index in [2.05, 4.69) is 0 Å². The van der Waals surface area contributed by atoms with Gasteiger partial charge in [-0.1, -0.05) is 60.1 Å². The van der Waals surface area contributed by atoms with E-state index in [-0.39, 0.29) is 19.0 Å². The molecule has 0 spiro atoms. The SMILES string of the molecule is CC(OC(=O)C1COC(c2ccccc2)OC1)OC(=O)N(C)[C@]1(c2ccccc2Cl)CCCCC1=O. The number of amides is 1. The molecule has 1 saturated carbocycles. The van der Waals surface area contributed by atoms with E-state index in [1.165, 1.54) is 18.9 Å². The fraction of sp³-hybridized carbons (Fsp3) is 0.444. The van der Waals surface area contributed by atoms with Crippen LogP contribution in [0.1, 0.15) is 50.0 Å². The van der Waals surface area contributed by atoms with E-state index in [4.69, 9.17) is 30.5 Å². The highest BCUT2D eigenvalue weighted by Crippen LogP contribution is 2.42. The number of carbonyl (C=O) groups excluding carboxylic acids is 3. The third-order valence-corrected chi connectivity index (χ3v) is 7.00. The second kappa shape index (κ2) is 11.4. The molecule has 192 valence electrons. The molecular formula is C27H30ClNO7. The number of esters is 1.